The number of para-hydroxylation sites is 1. The van der Waals surface area contributed by atoms with Crippen LogP contribution in [0.3, 0.4) is 0 Å². The third-order valence-corrected chi connectivity index (χ3v) is 5.49. The largest absolute Gasteiger partial charge is 0.418 e. The van der Waals surface area contributed by atoms with E-state index in [4.69, 9.17) is 11.6 Å². The van der Waals surface area contributed by atoms with Crippen molar-refractivity contribution < 1.29 is 13.2 Å². The number of aromatic nitrogens is 1. The summed E-state index contributed by atoms with van der Waals surface area (Å²) in [4.78, 5) is 5.02. The van der Waals surface area contributed by atoms with Gasteiger partial charge in [-0.1, -0.05) is 35.9 Å². The lowest BCUT2D eigenvalue weighted by Crippen LogP contribution is -2.06. The van der Waals surface area contributed by atoms with Crippen LogP contribution in [0.4, 0.5) is 18.9 Å². The zero-order chi connectivity index (χ0) is 19.7. The molecule has 0 spiro atoms. The molecule has 1 N–H and O–H groups in total. The number of nitrogens with zero attached hydrogens (tertiary/aromatic N) is 1. The van der Waals surface area contributed by atoms with E-state index in [1.165, 1.54) is 23.6 Å². The minimum atomic E-state index is -4.46. The zero-order valence-electron chi connectivity index (χ0n) is 14.3. The maximum atomic E-state index is 13.3. The number of nitrogens with one attached hydrogen (secondary N) is 1. The molecule has 0 amide bonds. The van der Waals surface area contributed by atoms with Gasteiger partial charge in [0.05, 0.1) is 15.4 Å². The molecule has 1 radical (unpaired) electrons. The highest BCUT2D eigenvalue weighted by molar-refractivity contribution is 7.16. The molecule has 2 aromatic heterocycles. The van der Waals surface area contributed by atoms with E-state index in [1.807, 2.05) is 36.4 Å². The zero-order valence-corrected chi connectivity index (χ0v) is 15.9. The number of hydrogen-bond acceptors (Lipinski definition) is 3. The summed E-state index contributed by atoms with van der Waals surface area (Å²) < 4.78 is 40.7. The second-order valence-electron chi connectivity index (χ2n) is 6.12. The molecular weight excluding hydrogens is 405 g/mol. The van der Waals surface area contributed by atoms with Crippen molar-refractivity contribution in [3.05, 3.63) is 81.6 Å². The molecule has 4 rings (SSSR count). The van der Waals surface area contributed by atoms with Crippen LogP contribution in [0.1, 0.15) is 10.4 Å². The maximum absolute atomic E-state index is 13.3. The summed E-state index contributed by atoms with van der Waals surface area (Å²) in [5.74, 6) is 0. The standard InChI is InChI=1S/C21H13ClF3N2S/c22-19-8-7-15(28-19)12-27-14-4-1-3-13(11-14)16-9-10-26-20-17(16)5-2-6-18(20)21(23,24)25/h1-8,10-11,27H,12H2. The fraction of sp³-hybridized carbons (Fsp3) is 0.0952. The molecule has 0 atom stereocenters. The molecule has 28 heavy (non-hydrogen) atoms. The van der Waals surface area contributed by atoms with Crippen molar-refractivity contribution in [1.82, 2.24) is 4.98 Å². The molecule has 4 aromatic rings. The van der Waals surface area contributed by atoms with Gasteiger partial charge < -0.3 is 5.32 Å². The van der Waals surface area contributed by atoms with E-state index in [0.717, 1.165) is 26.5 Å². The normalized spacial score (nSPS) is 11.7. The predicted molar refractivity (Wildman–Crippen MR) is 108 cm³/mol. The lowest BCUT2D eigenvalue weighted by molar-refractivity contribution is -0.136. The Bertz CT molecular complexity index is 1140. The van der Waals surface area contributed by atoms with E-state index in [1.54, 1.807) is 6.07 Å². The highest BCUT2D eigenvalue weighted by Crippen LogP contribution is 2.37. The van der Waals surface area contributed by atoms with Gasteiger partial charge in [-0.2, -0.15) is 13.2 Å². The molecule has 0 aliphatic rings. The van der Waals surface area contributed by atoms with Gasteiger partial charge >= 0.3 is 6.18 Å². The summed E-state index contributed by atoms with van der Waals surface area (Å²) in [5.41, 5.74) is 1.38. The van der Waals surface area contributed by atoms with Gasteiger partial charge in [0.15, 0.2) is 0 Å². The lowest BCUT2D eigenvalue weighted by Gasteiger charge is -2.13. The number of rotatable bonds is 4. The minimum Gasteiger partial charge on any atom is -0.380 e. The van der Waals surface area contributed by atoms with Gasteiger partial charge in [-0.3, -0.25) is 4.98 Å². The van der Waals surface area contributed by atoms with Crippen molar-refractivity contribution in [2.45, 2.75) is 12.7 Å². The van der Waals surface area contributed by atoms with Crippen LogP contribution < -0.4 is 5.32 Å². The third-order valence-electron chi connectivity index (χ3n) is 4.26. The maximum Gasteiger partial charge on any atom is 0.418 e. The number of fused-ring (bicyclic) bond motifs is 1. The Morgan fingerprint density at radius 1 is 1.07 bits per heavy atom. The van der Waals surface area contributed by atoms with Gasteiger partial charge in [-0.25, -0.2) is 0 Å². The molecule has 0 bridgehead atoms. The average molecular weight is 418 g/mol. The first kappa shape index (κ1) is 18.8. The van der Waals surface area contributed by atoms with Crippen molar-refractivity contribution in [1.29, 1.82) is 0 Å². The summed E-state index contributed by atoms with van der Waals surface area (Å²) in [6.45, 7) is 0.611. The van der Waals surface area contributed by atoms with Crippen LogP contribution >= 0.6 is 22.9 Å². The van der Waals surface area contributed by atoms with Gasteiger partial charge in [0, 0.05) is 40.3 Å². The van der Waals surface area contributed by atoms with E-state index in [0.29, 0.717) is 17.5 Å². The highest BCUT2D eigenvalue weighted by Gasteiger charge is 2.33. The Kier molecular flexibility index (Phi) is 5.00. The Balaban J connectivity index is 1.70. The first-order chi connectivity index (χ1) is 13.4. The summed E-state index contributed by atoms with van der Waals surface area (Å²) in [6, 6.07) is 18.4. The van der Waals surface area contributed by atoms with Crippen LogP contribution in [-0.2, 0) is 12.7 Å². The Morgan fingerprint density at radius 3 is 2.64 bits per heavy atom. The molecule has 141 valence electrons. The van der Waals surface area contributed by atoms with Crippen molar-refractivity contribution in [2.75, 3.05) is 5.32 Å². The van der Waals surface area contributed by atoms with Crippen LogP contribution in [0.2, 0.25) is 4.34 Å². The van der Waals surface area contributed by atoms with Crippen LogP contribution in [-0.4, -0.2) is 4.98 Å². The summed E-state index contributed by atoms with van der Waals surface area (Å²) >= 11 is 7.44. The van der Waals surface area contributed by atoms with E-state index in [9.17, 15) is 13.2 Å². The Labute approximate surface area is 168 Å². The van der Waals surface area contributed by atoms with Crippen molar-refractivity contribution in [3.63, 3.8) is 0 Å². The first-order valence-electron chi connectivity index (χ1n) is 8.37. The number of hydrogen-bond donors (Lipinski definition) is 1. The van der Waals surface area contributed by atoms with Crippen molar-refractivity contribution in [2.24, 2.45) is 0 Å². The van der Waals surface area contributed by atoms with E-state index in [-0.39, 0.29) is 5.52 Å². The second-order valence-corrected chi connectivity index (χ2v) is 7.92. The van der Waals surface area contributed by atoms with Crippen LogP contribution in [0.25, 0.3) is 22.0 Å². The van der Waals surface area contributed by atoms with Crippen LogP contribution in [0.5, 0.6) is 0 Å². The van der Waals surface area contributed by atoms with Gasteiger partial charge in [-0.15, -0.1) is 11.3 Å². The van der Waals surface area contributed by atoms with Gasteiger partial charge in [0.25, 0.3) is 0 Å². The fourth-order valence-electron chi connectivity index (χ4n) is 3.01. The molecule has 0 saturated heterocycles. The molecule has 7 heteroatoms. The number of pyridine rings is 1. The molecular formula is C21H13ClF3N2S. The molecule has 0 aliphatic carbocycles. The second kappa shape index (κ2) is 7.45. The number of thiophene rings is 1. The summed E-state index contributed by atoms with van der Waals surface area (Å²) in [6.07, 6.45) is -3.17. The first-order valence-corrected chi connectivity index (χ1v) is 9.56. The SMILES string of the molecule is FC(F)(F)c1cccc2c(-c3cccc(NCc4ccc(Cl)s4)c3)[c]cnc12. The number of anilines is 1. The minimum absolute atomic E-state index is 0.0738. The Morgan fingerprint density at radius 2 is 1.89 bits per heavy atom. The van der Waals surface area contributed by atoms with Crippen molar-refractivity contribution in [3.8, 4) is 11.1 Å². The molecule has 2 nitrogen and oxygen atoms in total. The lowest BCUT2D eigenvalue weighted by atomic mass is 9.99. The molecule has 0 aliphatic heterocycles. The van der Waals surface area contributed by atoms with Crippen LogP contribution in [0.15, 0.2) is 60.8 Å². The molecule has 2 heterocycles. The van der Waals surface area contributed by atoms with E-state index in [2.05, 4.69) is 16.4 Å². The quantitative estimate of drug-likeness (QED) is 0.385. The average Bonchev–Trinajstić information content (AvgIpc) is 3.10. The topological polar surface area (TPSA) is 24.9 Å². The number of benzene rings is 2. The fourth-order valence-corrected chi connectivity index (χ4v) is 4.04. The molecule has 0 fully saturated rings. The summed E-state index contributed by atoms with van der Waals surface area (Å²) in [5, 5.41) is 3.73. The van der Waals surface area contributed by atoms with Gasteiger partial charge in [0.1, 0.15) is 0 Å². The predicted octanol–water partition coefficient (Wildman–Crippen LogP) is 7.05. The molecule has 0 unspecified atom stereocenters. The summed E-state index contributed by atoms with van der Waals surface area (Å²) in [7, 11) is 0. The highest BCUT2D eigenvalue weighted by atomic mass is 35.5. The molecule has 0 saturated carbocycles. The monoisotopic (exact) mass is 417 g/mol. The van der Waals surface area contributed by atoms with Gasteiger partial charge in [0.2, 0.25) is 0 Å². The van der Waals surface area contributed by atoms with Crippen molar-refractivity contribution >= 4 is 39.5 Å². The number of halogens is 4. The Hall–Kier alpha value is -2.57. The van der Waals surface area contributed by atoms with Crippen LogP contribution in [0, 0.1) is 6.07 Å². The molecule has 2 aromatic carbocycles. The van der Waals surface area contributed by atoms with E-state index < -0.39 is 11.7 Å². The third kappa shape index (κ3) is 3.84. The van der Waals surface area contributed by atoms with Gasteiger partial charge in [-0.05, 0) is 35.9 Å². The number of alkyl halides is 3. The smallest absolute Gasteiger partial charge is 0.380 e. The van der Waals surface area contributed by atoms with E-state index >= 15 is 0 Å².